The summed E-state index contributed by atoms with van der Waals surface area (Å²) in [6, 6.07) is 0.585. The molecule has 1 fully saturated rings. The van der Waals surface area contributed by atoms with E-state index in [1.165, 1.54) is 23.5 Å². The molecule has 2 nitrogen and oxygen atoms in total. The molecule has 1 aliphatic carbocycles. The summed E-state index contributed by atoms with van der Waals surface area (Å²) >= 11 is 1.81. The van der Waals surface area contributed by atoms with E-state index in [2.05, 4.69) is 45.4 Å². The molecule has 0 spiro atoms. The molecular formula is C14H24N2S. The number of nitrogens with zero attached hydrogens (tertiary/aromatic N) is 1. The number of rotatable bonds is 4. The number of nitrogens with one attached hydrogen (secondary N) is 1. The fourth-order valence-corrected chi connectivity index (χ4v) is 3.23. The van der Waals surface area contributed by atoms with E-state index >= 15 is 0 Å². The summed E-state index contributed by atoms with van der Waals surface area (Å²) in [5.74, 6) is 0. The maximum absolute atomic E-state index is 4.79. The zero-order chi connectivity index (χ0) is 12.7. The second-order valence-corrected chi connectivity index (χ2v) is 7.52. The van der Waals surface area contributed by atoms with Crippen LogP contribution >= 0.6 is 11.3 Å². The normalized spacial score (nSPS) is 20.3. The molecule has 0 radical (unpaired) electrons. The van der Waals surface area contributed by atoms with Crippen molar-refractivity contribution in [3.8, 4) is 0 Å². The predicted molar refractivity (Wildman–Crippen MR) is 74.7 cm³/mol. The zero-order valence-electron chi connectivity index (χ0n) is 11.6. The van der Waals surface area contributed by atoms with Crippen molar-refractivity contribution in [3.63, 3.8) is 0 Å². The SMILES string of the molecule is CNC(Cc1nc(C(C)(C)C)cs1)C1(C)CC1. The average molecular weight is 252 g/mol. The molecule has 0 saturated heterocycles. The van der Waals surface area contributed by atoms with Gasteiger partial charge in [-0.2, -0.15) is 0 Å². The third-order valence-electron chi connectivity index (χ3n) is 3.93. The van der Waals surface area contributed by atoms with Crippen LogP contribution in [0.15, 0.2) is 5.38 Å². The van der Waals surface area contributed by atoms with Gasteiger partial charge in [-0.3, -0.25) is 0 Å². The van der Waals surface area contributed by atoms with Gasteiger partial charge in [-0.25, -0.2) is 4.98 Å². The Balaban J connectivity index is 2.06. The monoisotopic (exact) mass is 252 g/mol. The maximum Gasteiger partial charge on any atom is 0.0944 e. The Morgan fingerprint density at radius 2 is 2.12 bits per heavy atom. The van der Waals surface area contributed by atoms with Gasteiger partial charge in [0, 0.05) is 23.3 Å². The Labute approximate surface area is 109 Å². The molecule has 2 rings (SSSR count). The van der Waals surface area contributed by atoms with Crippen LogP contribution in [-0.2, 0) is 11.8 Å². The summed E-state index contributed by atoms with van der Waals surface area (Å²) in [6.45, 7) is 9.06. The summed E-state index contributed by atoms with van der Waals surface area (Å²) in [5.41, 5.74) is 1.92. The lowest BCUT2D eigenvalue weighted by Gasteiger charge is -2.22. The molecular weight excluding hydrogens is 228 g/mol. The van der Waals surface area contributed by atoms with E-state index in [0.29, 0.717) is 11.5 Å². The quantitative estimate of drug-likeness (QED) is 0.888. The highest BCUT2D eigenvalue weighted by Gasteiger charge is 2.44. The van der Waals surface area contributed by atoms with E-state index in [0.717, 1.165) is 6.42 Å². The van der Waals surface area contributed by atoms with Gasteiger partial charge in [0.1, 0.15) is 0 Å². The molecule has 3 heteroatoms. The van der Waals surface area contributed by atoms with Crippen LogP contribution in [-0.4, -0.2) is 18.1 Å². The van der Waals surface area contributed by atoms with E-state index in [9.17, 15) is 0 Å². The van der Waals surface area contributed by atoms with Gasteiger partial charge in [0.05, 0.1) is 10.7 Å². The first-order valence-electron chi connectivity index (χ1n) is 6.47. The van der Waals surface area contributed by atoms with Crippen molar-refractivity contribution in [3.05, 3.63) is 16.1 Å². The number of hydrogen-bond donors (Lipinski definition) is 1. The Morgan fingerprint density at radius 1 is 1.47 bits per heavy atom. The molecule has 0 aromatic carbocycles. The summed E-state index contributed by atoms with van der Waals surface area (Å²) < 4.78 is 0. The minimum atomic E-state index is 0.174. The fourth-order valence-electron chi connectivity index (χ4n) is 2.17. The van der Waals surface area contributed by atoms with Gasteiger partial charge in [0.2, 0.25) is 0 Å². The summed E-state index contributed by atoms with van der Waals surface area (Å²) in [7, 11) is 2.08. The van der Waals surface area contributed by atoms with Crippen molar-refractivity contribution in [1.29, 1.82) is 0 Å². The third kappa shape index (κ3) is 2.89. The van der Waals surface area contributed by atoms with E-state index < -0.39 is 0 Å². The Morgan fingerprint density at radius 3 is 2.53 bits per heavy atom. The lowest BCUT2D eigenvalue weighted by atomic mass is 9.93. The van der Waals surface area contributed by atoms with Crippen LogP contribution in [0.25, 0.3) is 0 Å². The highest BCUT2D eigenvalue weighted by atomic mass is 32.1. The average Bonchev–Trinajstić information content (AvgIpc) is 2.81. The van der Waals surface area contributed by atoms with Gasteiger partial charge < -0.3 is 5.32 Å². The van der Waals surface area contributed by atoms with Crippen LogP contribution in [0.2, 0.25) is 0 Å². The Kier molecular flexibility index (Phi) is 3.34. The molecule has 0 amide bonds. The molecule has 0 aliphatic heterocycles. The number of hydrogen-bond acceptors (Lipinski definition) is 3. The fraction of sp³-hybridized carbons (Fsp3) is 0.786. The number of aromatic nitrogens is 1. The van der Waals surface area contributed by atoms with Gasteiger partial charge in [-0.15, -0.1) is 11.3 Å². The molecule has 1 atom stereocenters. The maximum atomic E-state index is 4.79. The van der Waals surface area contributed by atoms with Crippen molar-refractivity contribution in [2.45, 2.75) is 58.4 Å². The smallest absolute Gasteiger partial charge is 0.0944 e. The van der Waals surface area contributed by atoms with Crippen molar-refractivity contribution < 1.29 is 0 Å². The minimum absolute atomic E-state index is 0.174. The lowest BCUT2D eigenvalue weighted by Crippen LogP contribution is -2.35. The first-order chi connectivity index (χ1) is 7.85. The van der Waals surface area contributed by atoms with Crippen LogP contribution in [0.4, 0.5) is 0 Å². The zero-order valence-corrected chi connectivity index (χ0v) is 12.4. The van der Waals surface area contributed by atoms with Crippen molar-refractivity contribution in [1.82, 2.24) is 10.3 Å². The van der Waals surface area contributed by atoms with Crippen LogP contribution < -0.4 is 5.32 Å². The van der Waals surface area contributed by atoms with Crippen LogP contribution in [0.5, 0.6) is 0 Å². The predicted octanol–water partition coefficient (Wildman–Crippen LogP) is 3.37. The molecule has 1 aliphatic rings. The molecule has 1 aromatic rings. The third-order valence-corrected chi connectivity index (χ3v) is 4.80. The number of thiazole rings is 1. The van der Waals surface area contributed by atoms with E-state index in [1.54, 1.807) is 0 Å². The Bertz CT molecular complexity index is 385. The van der Waals surface area contributed by atoms with Gasteiger partial charge in [-0.05, 0) is 25.3 Å². The van der Waals surface area contributed by atoms with Crippen LogP contribution in [0.3, 0.4) is 0 Å². The topological polar surface area (TPSA) is 24.9 Å². The molecule has 1 heterocycles. The molecule has 1 unspecified atom stereocenters. The van der Waals surface area contributed by atoms with E-state index in [1.807, 2.05) is 11.3 Å². The van der Waals surface area contributed by atoms with Crippen molar-refractivity contribution in [2.75, 3.05) is 7.05 Å². The van der Waals surface area contributed by atoms with Crippen molar-refractivity contribution >= 4 is 11.3 Å². The van der Waals surface area contributed by atoms with Gasteiger partial charge in [-0.1, -0.05) is 27.7 Å². The minimum Gasteiger partial charge on any atom is -0.316 e. The molecule has 96 valence electrons. The molecule has 1 aromatic heterocycles. The van der Waals surface area contributed by atoms with Crippen LogP contribution in [0.1, 0.15) is 51.2 Å². The first-order valence-corrected chi connectivity index (χ1v) is 7.35. The lowest BCUT2D eigenvalue weighted by molar-refractivity contribution is 0.375. The molecule has 1 saturated carbocycles. The number of likely N-dealkylation sites (N-methyl/N-ethyl adjacent to an activating group) is 1. The molecule has 1 N–H and O–H groups in total. The molecule has 0 bridgehead atoms. The highest BCUT2D eigenvalue weighted by Crippen LogP contribution is 2.49. The molecule has 17 heavy (non-hydrogen) atoms. The van der Waals surface area contributed by atoms with Crippen molar-refractivity contribution in [2.24, 2.45) is 5.41 Å². The van der Waals surface area contributed by atoms with Gasteiger partial charge in [0.25, 0.3) is 0 Å². The standard InChI is InChI=1S/C14H24N2S/c1-13(2,3)11-9-17-12(16-11)8-10(15-5)14(4)6-7-14/h9-10,15H,6-8H2,1-5H3. The largest absolute Gasteiger partial charge is 0.316 e. The second kappa shape index (κ2) is 4.36. The summed E-state index contributed by atoms with van der Waals surface area (Å²) in [6.07, 6.45) is 3.79. The van der Waals surface area contributed by atoms with E-state index in [-0.39, 0.29) is 5.41 Å². The van der Waals surface area contributed by atoms with E-state index in [4.69, 9.17) is 4.98 Å². The first kappa shape index (κ1) is 13.0. The van der Waals surface area contributed by atoms with Crippen LogP contribution in [0, 0.1) is 5.41 Å². The Hall–Kier alpha value is -0.410. The van der Waals surface area contributed by atoms with Gasteiger partial charge >= 0.3 is 0 Å². The van der Waals surface area contributed by atoms with Gasteiger partial charge in [0.15, 0.2) is 0 Å². The summed E-state index contributed by atoms with van der Waals surface area (Å²) in [4.78, 5) is 4.79. The second-order valence-electron chi connectivity index (χ2n) is 6.58. The highest BCUT2D eigenvalue weighted by molar-refractivity contribution is 7.09. The summed E-state index contributed by atoms with van der Waals surface area (Å²) in [5, 5.41) is 6.97.